The van der Waals surface area contributed by atoms with Crippen molar-refractivity contribution in [2.45, 2.75) is 47.5 Å². The minimum absolute atomic E-state index is 0.746. The highest BCUT2D eigenvalue weighted by Crippen LogP contribution is 2.15. The Morgan fingerprint density at radius 3 is 2.44 bits per heavy atom. The lowest BCUT2D eigenvalue weighted by atomic mass is 9.96. The topological polar surface area (TPSA) is 12.0 Å². The fourth-order valence-corrected chi connectivity index (χ4v) is 2.19. The summed E-state index contributed by atoms with van der Waals surface area (Å²) in [5, 5.41) is 3.55. The Hall–Kier alpha value is -0.820. The first-order valence-electron chi connectivity index (χ1n) is 7.26. The Morgan fingerprint density at radius 2 is 1.78 bits per heavy atom. The van der Waals surface area contributed by atoms with Gasteiger partial charge >= 0.3 is 0 Å². The molecule has 1 rings (SSSR count). The molecule has 1 aromatic carbocycles. The van der Waals surface area contributed by atoms with Gasteiger partial charge in [-0.15, -0.1) is 0 Å². The molecule has 1 nitrogen and oxygen atoms in total. The molecule has 0 aromatic heterocycles. The summed E-state index contributed by atoms with van der Waals surface area (Å²) in [6, 6.07) is 6.78. The molecule has 0 aliphatic carbocycles. The Labute approximate surface area is 113 Å². The van der Waals surface area contributed by atoms with Crippen LogP contribution < -0.4 is 5.32 Å². The zero-order valence-corrected chi connectivity index (χ0v) is 12.7. The highest BCUT2D eigenvalue weighted by molar-refractivity contribution is 5.30. The van der Waals surface area contributed by atoms with E-state index >= 15 is 0 Å². The first-order chi connectivity index (χ1) is 8.49. The van der Waals surface area contributed by atoms with Crippen molar-refractivity contribution in [3.05, 3.63) is 34.9 Å². The maximum Gasteiger partial charge on any atom is -0.00229 e. The normalized spacial score (nSPS) is 13.0. The van der Waals surface area contributed by atoms with Gasteiger partial charge in [0, 0.05) is 0 Å². The summed E-state index contributed by atoms with van der Waals surface area (Å²) in [6.07, 6.45) is 2.48. The van der Waals surface area contributed by atoms with Crippen LogP contribution in [0.4, 0.5) is 0 Å². The van der Waals surface area contributed by atoms with E-state index in [1.807, 2.05) is 0 Å². The molecule has 0 fully saturated rings. The minimum atomic E-state index is 0.746. The number of aryl methyl sites for hydroxylation is 3. The lowest BCUT2D eigenvalue weighted by Gasteiger charge is -2.15. The average Bonchev–Trinajstić information content (AvgIpc) is 2.30. The second-order valence-electron chi connectivity index (χ2n) is 6.13. The van der Waals surface area contributed by atoms with Crippen molar-refractivity contribution in [2.75, 3.05) is 13.1 Å². The number of hydrogen-bond acceptors (Lipinski definition) is 1. The smallest absolute Gasteiger partial charge is 0.00229 e. The SMILES string of the molecule is Cc1ccc(C)c(CCC(C)CNCC(C)C)c1. The molecule has 0 saturated heterocycles. The fourth-order valence-electron chi connectivity index (χ4n) is 2.19. The molecule has 0 spiro atoms. The average molecular weight is 247 g/mol. The Kier molecular flexibility index (Phi) is 6.42. The van der Waals surface area contributed by atoms with Crippen molar-refractivity contribution in [2.24, 2.45) is 11.8 Å². The van der Waals surface area contributed by atoms with Crippen molar-refractivity contribution < 1.29 is 0 Å². The molecule has 0 amide bonds. The standard InChI is InChI=1S/C17H29N/c1-13(2)11-18-12-15(4)7-9-17-10-14(3)6-8-16(17)5/h6,8,10,13,15,18H,7,9,11-12H2,1-5H3. The van der Waals surface area contributed by atoms with E-state index in [4.69, 9.17) is 0 Å². The lowest BCUT2D eigenvalue weighted by Crippen LogP contribution is -2.25. The third-order valence-corrected chi connectivity index (χ3v) is 3.46. The molecular weight excluding hydrogens is 218 g/mol. The first kappa shape index (κ1) is 15.2. The van der Waals surface area contributed by atoms with Gasteiger partial charge in [-0.05, 0) is 62.7 Å². The van der Waals surface area contributed by atoms with E-state index in [9.17, 15) is 0 Å². The Balaban J connectivity index is 2.33. The number of benzene rings is 1. The van der Waals surface area contributed by atoms with Crippen molar-refractivity contribution in [3.63, 3.8) is 0 Å². The van der Waals surface area contributed by atoms with Gasteiger partial charge in [0.05, 0.1) is 0 Å². The molecule has 0 radical (unpaired) electrons. The van der Waals surface area contributed by atoms with Crippen LogP contribution >= 0.6 is 0 Å². The van der Waals surface area contributed by atoms with Crippen LogP contribution in [0.1, 0.15) is 43.9 Å². The molecule has 1 aromatic rings. The highest BCUT2D eigenvalue weighted by atomic mass is 14.9. The van der Waals surface area contributed by atoms with Crippen LogP contribution in [0.2, 0.25) is 0 Å². The van der Waals surface area contributed by atoms with Gasteiger partial charge in [0.15, 0.2) is 0 Å². The van der Waals surface area contributed by atoms with E-state index in [1.54, 1.807) is 0 Å². The molecule has 18 heavy (non-hydrogen) atoms. The van der Waals surface area contributed by atoms with Gasteiger partial charge in [-0.3, -0.25) is 0 Å². The van der Waals surface area contributed by atoms with Gasteiger partial charge in [-0.1, -0.05) is 44.5 Å². The molecule has 1 N–H and O–H groups in total. The van der Waals surface area contributed by atoms with Gasteiger partial charge in [-0.25, -0.2) is 0 Å². The van der Waals surface area contributed by atoms with Gasteiger partial charge in [0.2, 0.25) is 0 Å². The van der Waals surface area contributed by atoms with Gasteiger partial charge in [0.1, 0.15) is 0 Å². The minimum Gasteiger partial charge on any atom is -0.316 e. The maximum absolute atomic E-state index is 3.55. The molecule has 1 heteroatoms. The van der Waals surface area contributed by atoms with E-state index in [0.717, 1.165) is 24.9 Å². The highest BCUT2D eigenvalue weighted by Gasteiger charge is 2.05. The van der Waals surface area contributed by atoms with Crippen LogP contribution in [-0.4, -0.2) is 13.1 Å². The third kappa shape index (κ3) is 5.68. The molecule has 0 heterocycles. The number of rotatable bonds is 7. The van der Waals surface area contributed by atoms with Crippen molar-refractivity contribution in [3.8, 4) is 0 Å². The van der Waals surface area contributed by atoms with Crippen molar-refractivity contribution in [1.29, 1.82) is 0 Å². The largest absolute Gasteiger partial charge is 0.316 e. The van der Waals surface area contributed by atoms with Crippen LogP contribution in [0.3, 0.4) is 0 Å². The predicted octanol–water partition coefficient (Wildman–Crippen LogP) is 4.12. The molecule has 102 valence electrons. The number of nitrogens with one attached hydrogen (secondary N) is 1. The fraction of sp³-hybridized carbons (Fsp3) is 0.647. The van der Waals surface area contributed by atoms with E-state index in [2.05, 4.69) is 58.1 Å². The summed E-state index contributed by atoms with van der Waals surface area (Å²) in [5.41, 5.74) is 4.33. The lowest BCUT2D eigenvalue weighted by molar-refractivity contribution is 0.454. The molecular formula is C17H29N. The Morgan fingerprint density at radius 1 is 1.06 bits per heavy atom. The molecule has 0 saturated carbocycles. The van der Waals surface area contributed by atoms with Gasteiger partial charge < -0.3 is 5.32 Å². The predicted molar refractivity (Wildman–Crippen MR) is 81.1 cm³/mol. The van der Waals surface area contributed by atoms with Crippen LogP contribution in [0, 0.1) is 25.7 Å². The van der Waals surface area contributed by atoms with Gasteiger partial charge in [0.25, 0.3) is 0 Å². The molecule has 1 atom stereocenters. The summed E-state index contributed by atoms with van der Waals surface area (Å²) in [4.78, 5) is 0. The van der Waals surface area contributed by atoms with E-state index in [0.29, 0.717) is 0 Å². The third-order valence-electron chi connectivity index (χ3n) is 3.46. The summed E-state index contributed by atoms with van der Waals surface area (Å²) >= 11 is 0. The zero-order chi connectivity index (χ0) is 13.5. The summed E-state index contributed by atoms with van der Waals surface area (Å²) < 4.78 is 0. The Bertz CT molecular complexity index is 355. The summed E-state index contributed by atoms with van der Waals surface area (Å²) in [7, 11) is 0. The summed E-state index contributed by atoms with van der Waals surface area (Å²) in [5.74, 6) is 1.50. The monoisotopic (exact) mass is 247 g/mol. The molecule has 0 aliphatic heterocycles. The zero-order valence-electron chi connectivity index (χ0n) is 12.7. The van der Waals surface area contributed by atoms with E-state index in [1.165, 1.54) is 29.5 Å². The molecule has 1 unspecified atom stereocenters. The van der Waals surface area contributed by atoms with Crippen molar-refractivity contribution >= 4 is 0 Å². The second-order valence-corrected chi connectivity index (χ2v) is 6.13. The van der Waals surface area contributed by atoms with Crippen LogP contribution in [-0.2, 0) is 6.42 Å². The van der Waals surface area contributed by atoms with Crippen LogP contribution in [0.15, 0.2) is 18.2 Å². The maximum atomic E-state index is 3.55. The molecule has 0 bridgehead atoms. The molecule has 0 aliphatic rings. The van der Waals surface area contributed by atoms with Crippen LogP contribution in [0.25, 0.3) is 0 Å². The quantitative estimate of drug-likeness (QED) is 0.764. The van der Waals surface area contributed by atoms with Crippen LogP contribution in [0.5, 0.6) is 0 Å². The van der Waals surface area contributed by atoms with Crippen molar-refractivity contribution in [1.82, 2.24) is 5.32 Å². The first-order valence-corrected chi connectivity index (χ1v) is 7.26. The van der Waals surface area contributed by atoms with Gasteiger partial charge in [-0.2, -0.15) is 0 Å². The number of hydrogen-bond donors (Lipinski definition) is 1. The summed E-state index contributed by atoms with van der Waals surface area (Å²) in [6.45, 7) is 13.5. The second kappa shape index (κ2) is 7.58. The van der Waals surface area contributed by atoms with E-state index in [-0.39, 0.29) is 0 Å². The van der Waals surface area contributed by atoms with E-state index < -0.39 is 0 Å².